The number of aryl methyl sites for hydroxylation is 1. The molecule has 0 fully saturated rings. The maximum absolute atomic E-state index is 8.77. The Morgan fingerprint density at radius 1 is 1.16 bits per heavy atom. The van der Waals surface area contributed by atoms with Gasteiger partial charge in [0.2, 0.25) is 0 Å². The first-order valence-electron chi connectivity index (χ1n) is 6.40. The summed E-state index contributed by atoms with van der Waals surface area (Å²) in [6.45, 7) is 3.72. The molecule has 0 N–H and O–H groups in total. The maximum atomic E-state index is 8.77. The predicted octanol–water partition coefficient (Wildman–Crippen LogP) is 4.13. The summed E-state index contributed by atoms with van der Waals surface area (Å²) >= 11 is 0. The molecule has 0 amide bonds. The Morgan fingerprint density at radius 2 is 1.95 bits per heavy atom. The molecule has 2 heteroatoms. The van der Waals surface area contributed by atoms with Crippen molar-refractivity contribution in [1.82, 2.24) is 4.98 Å². The highest BCUT2D eigenvalue weighted by atomic mass is 14.7. The van der Waals surface area contributed by atoms with Crippen LogP contribution in [0, 0.1) is 11.3 Å². The van der Waals surface area contributed by atoms with E-state index < -0.39 is 0 Å². The number of nitrogens with zero attached hydrogens (tertiary/aromatic N) is 2. The average molecular weight is 248 g/mol. The molecule has 94 valence electrons. The number of pyridine rings is 1. The molecule has 1 aromatic carbocycles. The van der Waals surface area contributed by atoms with E-state index in [0.29, 0.717) is 5.56 Å². The quantitative estimate of drug-likeness (QED) is 0.589. The molecule has 0 saturated heterocycles. The van der Waals surface area contributed by atoms with Crippen molar-refractivity contribution in [2.45, 2.75) is 19.3 Å². The average Bonchev–Trinajstić information content (AvgIpc) is 2.48. The van der Waals surface area contributed by atoms with Crippen molar-refractivity contribution in [3.8, 4) is 17.3 Å². The van der Waals surface area contributed by atoms with Gasteiger partial charge < -0.3 is 0 Å². The van der Waals surface area contributed by atoms with E-state index >= 15 is 0 Å². The van der Waals surface area contributed by atoms with Crippen LogP contribution in [0.1, 0.15) is 24.0 Å². The molecule has 0 aliphatic heterocycles. The Morgan fingerprint density at radius 3 is 2.53 bits per heavy atom. The highest BCUT2D eigenvalue weighted by Gasteiger charge is 2.00. The van der Waals surface area contributed by atoms with Crippen molar-refractivity contribution < 1.29 is 0 Å². The van der Waals surface area contributed by atoms with Gasteiger partial charge in [-0.3, -0.25) is 4.98 Å². The van der Waals surface area contributed by atoms with Gasteiger partial charge >= 0.3 is 0 Å². The van der Waals surface area contributed by atoms with Crippen molar-refractivity contribution in [2.75, 3.05) is 0 Å². The molecule has 0 spiro atoms. The van der Waals surface area contributed by atoms with Crippen molar-refractivity contribution in [3.05, 3.63) is 66.4 Å². The van der Waals surface area contributed by atoms with E-state index in [1.165, 1.54) is 5.56 Å². The van der Waals surface area contributed by atoms with Crippen LogP contribution in [0.2, 0.25) is 0 Å². The minimum absolute atomic E-state index is 0.671. The van der Waals surface area contributed by atoms with Gasteiger partial charge in [-0.15, -0.1) is 6.58 Å². The van der Waals surface area contributed by atoms with E-state index in [0.717, 1.165) is 30.5 Å². The molecule has 0 bridgehead atoms. The van der Waals surface area contributed by atoms with E-state index in [4.69, 9.17) is 5.26 Å². The Bertz CT molecular complexity index is 574. The van der Waals surface area contributed by atoms with Gasteiger partial charge in [-0.25, -0.2) is 0 Å². The molecule has 0 unspecified atom stereocenters. The van der Waals surface area contributed by atoms with Crippen LogP contribution in [0.25, 0.3) is 11.3 Å². The lowest BCUT2D eigenvalue weighted by atomic mass is 10.1. The summed E-state index contributed by atoms with van der Waals surface area (Å²) in [7, 11) is 0. The summed E-state index contributed by atoms with van der Waals surface area (Å²) in [5.74, 6) is 0. The molecule has 0 saturated carbocycles. The van der Waals surface area contributed by atoms with Gasteiger partial charge in [0.15, 0.2) is 0 Å². The molecule has 2 rings (SSSR count). The summed E-state index contributed by atoms with van der Waals surface area (Å²) in [4.78, 5) is 4.47. The van der Waals surface area contributed by atoms with Crippen LogP contribution >= 0.6 is 0 Å². The second-order valence-corrected chi connectivity index (χ2v) is 4.42. The lowest BCUT2D eigenvalue weighted by Gasteiger charge is -2.03. The number of nitriles is 1. The molecule has 0 aliphatic carbocycles. The number of hydrogen-bond donors (Lipinski definition) is 0. The van der Waals surface area contributed by atoms with Crippen molar-refractivity contribution in [1.29, 1.82) is 5.26 Å². The summed E-state index contributed by atoms with van der Waals surface area (Å²) in [5, 5.41) is 8.77. The van der Waals surface area contributed by atoms with Crippen LogP contribution in [-0.4, -0.2) is 4.98 Å². The highest BCUT2D eigenvalue weighted by Crippen LogP contribution is 2.18. The molecular weight excluding hydrogens is 232 g/mol. The van der Waals surface area contributed by atoms with Crippen LogP contribution in [0.3, 0.4) is 0 Å². The monoisotopic (exact) mass is 248 g/mol. The van der Waals surface area contributed by atoms with Crippen molar-refractivity contribution in [2.24, 2.45) is 0 Å². The number of aromatic nitrogens is 1. The van der Waals surface area contributed by atoms with Crippen molar-refractivity contribution in [3.63, 3.8) is 0 Å². The third kappa shape index (κ3) is 3.53. The molecule has 2 nitrogen and oxygen atoms in total. The van der Waals surface area contributed by atoms with Crippen molar-refractivity contribution >= 4 is 0 Å². The summed E-state index contributed by atoms with van der Waals surface area (Å²) in [5.41, 5.74) is 3.90. The van der Waals surface area contributed by atoms with Crippen LogP contribution in [0.4, 0.5) is 0 Å². The topological polar surface area (TPSA) is 36.7 Å². The second kappa shape index (κ2) is 6.51. The fourth-order valence-electron chi connectivity index (χ4n) is 1.91. The fourth-order valence-corrected chi connectivity index (χ4v) is 1.91. The summed E-state index contributed by atoms with van der Waals surface area (Å²) in [6.07, 6.45) is 7.06. The summed E-state index contributed by atoms with van der Waals surface area (Å²) in [6, 6.07) is 13.7. The molecule has 1 aromatic heterocycles. The largest absolute Gasteiger partial charge is 0.256 e. The van der Waals surface area contributed by atoms with Crippen LogP contribution in [0.15, 0.2) is 55.3 Å². The molecular formula is C17H16N2. The lowest BCUT2D eigenvalue weighted by Crippen LogP contribution is -1.89. The fraction of sp³-hybridized carbons (Fsp3) is 0.176. The SMILES string of the molecule is C=CCCCc1ccc(-c2ccc(C#N)cc2)nc1. The van der Waals surface area contributed by atoms with E-state index in [2.05, 4.69) is 23.7 Å². The minimum Gasteiger partial charge on any atom is -0.256 e. The Kier molecular flexibility index (Phi) is 4.47. The third-order valence-electron chi connectivity index (χ3n) is 3.01. The third-order valence-corrected chi connectivity index (χ3v) is 3.01. The van der Waals surface area contributed by atoms with E-state index in [1.54, 1.807) is 0 Å². The van der Waals surface area contributed by atoms with Gasteiger partial charge in [0, 0.05) is 11.8 Å². The molecule has 0 aliphatic rings. The first-order chi connectivity index (χ1) is 9.33. The molecule has 0 radical (unpaired) electrons. The van der Waals surface area contributed by atoms with Gasteiger partial charge in [0.05, 0.1) is 17.3 Å². The van der Waals surface area contributed by atoms with Gasteiger partial charge in [0.25, 0.3) is 0 Å². The molecule has 19 heavy (non-hydrogen) atoms. The standard InChI is InChI=1S/C17H16N2/c1-2-3-4-5-15-8-11-17(19-13-15)16-9-6-14(12-18)7-10-16/h2,6-11,13H,1,3-5H2. The van der Waals surface area contributed by atoms with Crippen LogP contribution < -0.4 is 0 Å². The number of rotatable bonds is 5. The minimum atomic E-state index is 0.671. The zero-order valence-electron chi connectivity index (χ0n) is 10.8. The highest BCUT2D eigenvalue weighted by molar-refractivity contribution is 5.60. The Hall–Kier alpha value is -2.40. The van der Waals surface area contributed by atoms with E-state index in [-0.39, 0.29) is 0 Å². The number of benzene rings is 1. The smallest absolute Gasteiger partial charge is 0.0991 e. The lowest BCUT2D eigenvalue weighted by molar-refractivity contribution is 0.840. The molecule has 0 atom stereocenters. The van der Waals surface area contributed by atoms with Crippen LogP contribution in [-0.2, 0) is 6.42 Å². The van der Waals surface area contributed by atoms with Gasteiger partial charge in [-0.1, -0.05) is 24.3 Å². The zero-order chi connectivity index (χ0) is 13.5. The van der Waals surface area contributed by atoms with Gasteiger partial charge in [-0.05, 0) is 43.0 Å². The van der Waals surface area contributed by atoms with E-state index in [9.17, 15) is 0 Å². The predicted molar refractivity (Wildman–Crippen MR) is 77.5 cm³/mol. The first-order valence-corrected chi connectivity index (χ1v) is 6.40. The maximum Gasteiger partial charge on any atom is 0.0991 e. The van der Waals surface area contributed by atoms with Gasteiger partial charge in [-0.2, -0.15) is 5.26 Å². The summed E-state index contributed by atoms with van der Waals surface area (Å²) < 4.78 is 0. The van der Waals surface area contributed by atoms with Crippen LogP contribution in [0.5, 0.6) is 0 Å². The second-order valence-electron chi connectivity index (χ2n) is 4.42. The van der Waals surface area contributed by atoms with E-state index in [1.807, 2.05) is 42.6 Å². The number of unbranched alkanes of at least 4 members (excludes halogenated alkanes) is 1. The zero-order valence-corrected chi connectivity index (χ0v) is 10.8. The number of hydrogen-bond acceptors (Lipinski definition) is 2. The molecule has 2 aromatic rings. The van der Waals surface area contributed by atoms with Gasteiger partial charge in [0.1, 0.15) is 0 Å². The first kappa shape index (κ1) is 13.0. The Balaban J connectivity index is 2.08. The normalized spacial score (nSPS) is 9.84. The molecule has 1 heterocycles. The number of allylic oxidation sites excluding steroid dienone is 1. The Labute approximate surface area is 114 Å².